The van der Waals surface area contributed by atoms with Crippen LogP contribution in [0.2, 0.25) is 0 Å². The van der Waals surface area contributed by atoms with Crippen LogP contribution in [0.4, 0.5) is 87.8 Å². The standard InChI is InChI=1S/C24BF20.C18H13NO3/c26-5-1(6(27)14(35)21(42)13(5)34)25(2-7(28)15(36)22(43)16(37)8(2)29,3-9(30)17(38)23(44)18(39)10(3)31)4-11(32)19(40)24(45)20(41)12(4)33;20-16(14-7-2-1-3-8-14)12-19-11-10-13-6-4-5-9-15(13)17(19)18(21)22/h;1-11H,12H2/q-1;/p+1. The van der Waals surface area contributed by atoms with Crippen molar-refractivity contribution in [2.24, 2.45) is 0 Å². The van der Waals surface area contributed by atoms with Crippen LogP contribution in [0.25, 0.3) is 10.8 Å². The SMILES string of the molecule is Fc1c(F)c(F)c([B-](c2c(F)c(F)c(F)c(F)c2F)(c2c(F)c(F)c(F)c(F)c2F)c2c(F)c(F)c(F)c(F)c2F)c(F)c1F.O=C(C[n+]1ccc2ccccc2c1C(=O)O)c1ccccc1. The van der Waals surface area contributed by atoms with Crippen LogP contribution in [-0.2, 0) is 6.54 Å². The molecule has 7 rings (SSSR count). The number of benzene rings is 6. The second-order valence-electron chi connectivity index (χ2n) is 13.8. The van der Waals surface area contributed by atoms with Crippen molar-refractivity contribution >= 4 is 50.5 Å². The van der Waals surface area contributed by atoms with E-state index in [0.717, 1.165) is 5.39 Å². The van der Waals surface area contributed by atoms with E-state index in [0.29, 0.717) is 10.9 Å². The summed E-state index contributed by atoms with van der Waals surface area (Å²) in [5.74, 6) is -72.6. The van der Waals surface area contributed by atoms with Gasteiger partial charge in [-0.2, -0.15) is 4.57 Å². The van der Waals surface area contributed by atoms with E-state index in [1.807, 2.05) is 24.3 Å². The zero-order chi connectivity index (χ0) is 49.9. The Kier molecular flexibility index (Phi) is 13.2. The fraction of sp³-hybridized carbons (Fsp3) is 0.0238. The van der Waals surface area contributed by atoms with E-state index >= 15 is 35.1 Å². The summed E-state index contributed by atoms with van der Waals surface area (Å²) in [6, 6.07) is 17.9. The monoisotopic (exact) mass is 971 g/mol. The van der Waals surface area contributed by atoms with Gasteiger partial charge in [0.05, 0.1) is 5.39 Å². The third kappa shape index (κ3) is 7.64. The number of carboxylic acid groups (broad SMARTS) is 1. The minimum Gasteiger partial charge on any atom is -0.473 e. The highest BCUT2D eigenvalue weighted by Gasteiger charge is 2.52. The van der Waals surface area contributed by atoms with Gasteiger partial charge in [-0.1, -0.05) is 48.5 Å². The van der Waals surface area contributed by atoms with E-state index in [4.69, 9.17) is 0 Å². The average molecular weight is 971 g/mol. The molecule has 67 heavy (non-hydrogen) atoms. The van der Waals surface area contributed by atoms with Crippen LogP contribution in [0.5, 0.6) is 0 Å². The predicted molar refractivity (Wildman–Crippen MR) is 191 cm³/mol. The van der Waals surface area contributed by atoms with Crippen LogP contribution >= 0.6 is 0 Å². The van der Waals surface area contributed by atoms with E-state index in [2.05, 4.69) is 0 Å². The molecule has 6 aromatic carbocycles. The Morgan fingerprint density at radius 3 is 0.985 bits per heavy atom. The molecule has 0 atom stereocenters. The molecule has 7 aromatic rings. The summed E-state index contributed by atoms with van der Waals surface area (Å²) in [6.45, 7) is -0.00349. The Morgan fingerprint density at radius 1 is 0.388 bits per heavy atom. The van der Waals surface area contributed by atoms with Crippen molar-refractivity contribution in [3.63, 3.8) is 0 Å². The average Bonchev–Trinajstić information content (AvgIpc) is 3.31. The molecule has 0 radical (unpaired) electrons. The Labute approximate surface area is 358 Å². The smallest absolute Gasteiger partial charge is 0.401 e. The number of carbonyl (C=O) groups excluding carboxylic acids is 1. The zero-order valence-electron chi connectivity index (χ0n) is 31.9. The first-order chi connectivity index (χ1) is 31.4. The lowest BCUT2D eigenvalue weighted by Crippen LogP contribution is -2.81. The van der Waals surface area contributed by atoms with Crippen LogP contribution in [0.1, 0.15) is 20.8 Å². The van der Waals surface area contributed by atoms with Gasteiger partial charge in [0, 0.05) is 11.6 Å². The van der Waals surface area contributed by atoms with Crippen LogP contribution in [0, 0.1) is 116 Å². The van der Waals surface area contributed by atoms with Crippen molar-refractivity contribution < 1.29 is 107 Å². The molecule has 0 spiro atoms. The summed E-state index contributed by atoms with van der Waals surface area (Å²) in [7, 11) is 0. The van der Waals surface area contributed by atoms with E-state index in [1.54, 1.807) is 42.6 Å². The molecule has 1 heterocycles. The quantitative estimate of drug-likeness (QED) is 0.0415. The molecule has 0 bridgehead atoms. The number of hydrogen-bond acceptors (Lipinski definition) is 2. The maximum Gasteiger partial charge on any atom is 0.401 e. The first-order valence-electron chi connectivity index (χ1n) is 17.8. The third-order valence-corrected chi connectivity index (χ3v) is 10.3. The van der Waals surface area contributed by atoms with Crippen molar-refractivity contribution in [2.45, 2.75) is 6.54 Å². The molecule has 0 saturated heterocycles. The van der Waals surface area contributed by atoms with Gasteiger partial charge in [-0.3, -0.25) is 4.79 Å². The van der Waals surface area contributed by atoms with E-state index < -0.39 is 150 Å². The maximum atomic E-state index is 15.4. The van der Waals surface area contributed by atoms with Crippen LogP contribution < -0.4 is 26.4 Å². The summed E-state index contributed by atoms with van der Waals surface area (Å²) >= 11 is 0. The number of pyridine rings is 1. The van der Waals surface area contributed by atoms with Gasteiger partial charge in [0.1, 0.15) is 52.7 Å². The van der Waals surface area contributed by atoms with Gasteiger partial charge in [-0.15, -0.1) is 21.9 Å². The summed E-state index contributed by atoms with van der Waals surface area (Å²) in [6.07, 6.45) is -5.57. The minimum absolute atomic E-state index is 0.00349. The molecule has 0 aliphatic heterocycles. The van der Waals surface area contributed by atoms with Crippen LogP contribution in [0.15, 0.2) is 66.9 Å². The lowest BCUT2D eigenvalue weighted by molar-refractivity contribution is -0.684. The van der Waals surface area contributed by atoms with Gasteiger partial charge >= 0.3 is 5.97 Å². The highest BCUT2D eigenvalue weighted by Crippen LogP contribution is 2.31. The number of carboxylic acids is 1. The number of fused-ring (bicyclic) bond motifs is 1. The number of aromatic carboxylic acids is 1. The number of Topliss-reactive ketones (excluding diaryl/α,β-unsaturated/α-hetero) is 1. The molecule has 348 valence electrons. The molecule has 1 aromatic heterocycles. The fourth-order valence-corrected chi connectivity index (χ4v) is 7.37. The molecular weight excluding hydrogens is 957 g/mol. The van der Waals surface area contributed by atoms with E-state index in [1.165, 1.54) is 4.57 Å². The molecule has 0 saturated carbocycles. The number of carbonyl (C=O) groups is 2. The van der Waals surface area contributed by atoms with Crippen molar-refractivity contribution in [3.05, 3.63) is 194 Å². The fourth-order valence-electron chi connectivity index (χ4n) is 7.37. The van der Waals surface area contributed by atoms with E-state index in [9.17, 15) is 67.4 Å². The molecule has 25 heteroatoms. The Balaban J connectivity index is 0.000000279. The topological polar surface area (TPSA) is 58.2 Å². The van der Waals surface area contributed by atoms with Gasteiger partial charge in [0.25, 0.3) is 5.69 Å². The molecule has 0 aliphatic rings. The highest BCUT2D eigenvalue weighted by atomic mass is 19.2. The maximum absolute atomic E-state index is 15.4. The van der Waals surface area contributed by atoms with Gasteiger partial charge in [0.15, 0.2) is 76.0 Å². The van der Waals surface area contributed by atoms with E-state index in [-0.39, 0.29) is 18.0 Å². The Morgan fingerprint density at radius 2 is 0.672 bits per heavy atom. The van der Waals surface area contributed by atoms with Crippen molar-refractivity contribution in [1.29, 1.82) is 0 Å². The number of aromatic nitrogens is 1. The number of hydrogen-bond donors (Lipinski definition) is 1. The zero-order valence-corrected chi connectivity index (χ0v) is 31.9. The van der Waals surface area contributed by atoms with Gasteiger partial charge in [0.2, 0.25) is 12.3 Å². The summed E-state index contributed by atoms with van der Waals surface area (Å²) in [4.78, 5) is 23.9. The molecule has 0 fully saturated rings. The Hall–Kier alpha value is -7.47. The second-order valence-corrected chi connectivity index (χ2v) is 13.8. The number of ketones is 1. The normalized spacial score (nSPS) is 11.5. The largest absolute Gasteiger partial charge is 0.473 e. The molecule has 1 N–H and O–H groups in total. The molecular formula is C42H14BF20NO3. The first kappa shape index (κ1) is 49.0. The minimum atomic E-state index is -7.22. The molecule has 0 aliphatic carbocycles. The second kappa shape index (κ2) is 18.1. The highest BCUT2D eigenvalue weighted by molar-refractivity contribution is 7.20. The van der Waals surface area contributed by atoms with Crippen molar-refractivity contribution in [3.8, 4) is 0 Å². The lowest BCUT2D eigenvalue weighted by atomic mass is 9.12. The van der Waals surface area contributed by atoms with Gasteiger partial charge in [-0.05, 0) is 11.5 Å². The van der Waals surface area contributed by atoms with Crippen molar-refractivity contribution in [1.82, 2.24) is 0 Å². The summed E-state index contributed by atoms with van der Waals surface area (Å²) < 4.78 is 295. The summed E-state index contributed by atoms with van der Waals surface area (Å²) in [5.41, 5.74) is -13.6. The van der Waals surface area contributed by atoms with Crippen molar-refractivity contribution in [2.75, 3.05) is 0 Å². The Bertz CT molecular complexity index is 2840. The number of nitrogens with zero attached hydrogens (tertiary/aromatic N) is 1. The van der Waals surface area contributed by atoms with Gasteiger partial charge < -0.3 is 5.11 Å². The van der Waals surface area contributed by atoms with Gasteiger partial charge in [-0.25, -0.2) is 92.6 Å². The summed E-state index contributed by atoms with van der Waals surface area (Å²) in [5, 5.41) is 11.0. The predicted octanol–water partition coefficient (Wildman–Crippen LogP) is 8.55. The third-order valence-electron chi connectivity index (χ3n) is 10.3. The molecule has 0 unspecified atom stereocenters. The number of rotatable bonds is 8. The number of halogens is 20. The van der Waals surface area contributed by atoms with Crippen LogP contribution in [-0.4, -0.2) is 23.0 Å². The first-order valence-corrected chi connectivity index (χ1v) is 17.8. The lowest BCUT2D eigenvalue weighted by Gasteiger charge is -2.44. The van der Waals surface area contributed by atoms with Crippen LogP contribution in [0.3, 0.4) is 0 Å². The molecule has 0 amide bonds. The molecule has 4 nitrogen and oxygen atoms in total.